The van der Waals surface area contributed by atoms with Crippen LogP contribution in [0.4, 0.5) is 0 Å². The Morgan fingerprint density at radius 1 is 1.42 bits per heavy atom. The molecule has 0 aliphatic heterocycles. The highest BCUT2D eigenvalue weighted by Crippen LogP contribution is 1.97. The number of rotatable bonds is 0. The quantitative estimate of drug-likeness (QED) is 0.384. The summed E-state index contributed by atoms with van der Waals surface area (Å²) in [6.45, 7) is 0. The van der Waals surface area contributed by atoms with Crippen molar-refractivity contribution in [3.05, 3.63) is 28.8 Å². The van der Waals surface area contributed by atoms with Crippen molar-refractivity contribution >= 4 is 11.2 Å². The number of aryl methyl sites for hydroxylation is 1. The molecule has 2 rings (SSSR count). The molecule has 0 radical (unpaired) electrons. The summed E-state index contributed by atoms with van der Waals surface area (Å²) in [5.74, 6) is 0. The maximum Gasteiger partial charge on any atom is 0.411 e. The molecule has 0 aromatic carbocycles. The normalized spacial score (nSPS) is 9.75. The zero-order chi connectivity index (χ0) is 7.84. The second-order valence-electron chi connectivity index (χ2n) is 2.46. The molecule has 2 N–H and O–H groups in total. The average Bonchev–Trinajstić information content (AvgIpc) is 2.31. The molecule has 0 bridgehead atoms. The number of pyridine rings is 1. The number of hydrogen-bond acceptors (Lipinski definition) is 1. The number of halogens is 1. The minimum absolute atomic E-state index is 0. The summed E-state index contributed by atoms with van der Waals surface area (Å²) in [5, 5.41) is 0. The third-order valence-electron chi connectivity index (χ3n) is 1.66. The molecule has 5 heteroatoms. The third kappa shape index (κ3) is 1.36. The van der Waals surface area contributed by atoms with Crippen molar-refractivity contribution in [3.8, 4) is 0 Å². The van der Waals surface area contributed by atoms with Crippen LogP contribution in [0.5, 0.6) is 0 Å². The lowest BCUT2D eigenvalue weighted by Gasteiger charge is -1.87. The number of H-pyrrole nitrogens is 2. The topological polar surface area (TPSA) is 52.5 Å². The Bertz CT molecular complexity index is 445. The van der Waals surface area contributed by atoms with Crippen LogP contribution in [-0.2, 0) is 7.05 Å². The Morgan fingerprint density at radius 3 is 2.83 bits per heavy atom. The Labute approximate surface area is 85.6 Å². The van der Waals surface area contributed by atoms with E-state index >= 15 is 0 Å². The molecule has 0 spiro atoms. The van der Waals surface area contributed by atoms with Crippen LogP contribution >= 0.6 is 0 Å². The minimum atomic E-state index is -0.165. The SMILES string of the molecule is C[n+]1cccc2[nH]c(=O)[nH]c21.[I-]. The number of hydrogen-bond donors (Lipinski definition) is 2. The highest BCUT2D eigenvalue weighted by atomic mass is 127. The number of aromatic amines is 2. The number of nitrogens with zero attached hydrogens (tertiary/aromatic N) is 1. The van der Waals surface area contributed by atoms with E-state index in [0.29, 0.717) is 0 Å². The summed E-state index contributed by atoms with van der Waals surface area (Å²) in [5.41, 5.74) is 1.49. The first-order valence-electron chi connectivity index (χ1n) is 3.34. The summed E-state index contributed by atoms with van der Waals surface area (Å²) in [6.07, 6.45) is 1.88. The molecule has 4 nitrogen and oxygen atoms in total. The maximum atomic E-state index is 10.8. The molecule has 12 heavy (non-hydrogen) atoms. The first-order valence-corrected chi connectivity index (χ1v) is 3.34. The third-order valence-corrected chi connectivity index (χ3v) is 1.66. The second-order valence-corrected chi connectivity index (χ2v) is 2.46. The van der Waals surface area contributed by atoms with Gasteiger partial charge >= 0.3 is 11.3 Å². The number of imidazole rings is 1. The van der Waals surface area contributed by atoms with E-state index in [1.54, 1.807) is 0 Å². The first-order chi connectivity index (χ1) is 5.27. The van der Waals surface area contributed by atoms with Crippen LogP contribution in [0.15, 0.2) is 23.1 Å². The molecule has 2 heterocycles. The van der Waals surface area contributed by atoms with Crippen molar-refractivity contribution in [1.29, 1.82) is 0 Å². The summed E-state index contributed by atoms with van der Waals surface area (Å²) < 4.78 is 1.85. The zero-order valence-corrected chi connectivity index (χ0v) is 8.62. The van der Waals surface area contributed by atoms with Gasteiger partial charge in [0.2, 0.25) is 0 Å². The summed E-state index contributed by atoms with van der Waals surface area (Å²) >= 11 is 0. The Kier molecular flexibility index (Phi) is 2.51. The van der Waals surface area contributed by atoms with Crippen LogP contribution in [0.25, 0.3) is 11.2 Å². The van der Waals surface area contributed by atoms with Crippen LogP contribution in [0.3, 0.4) is 0 Å². The molecule has 0 saturated heterocycles. The van der Waals surface area contributed by atoms with Gasteiger partial charge in [-0.05, 0) is 12.1 Å². The van der Waals surface area contributed by atoms with E-state index in [9.17, 15) is 4.79 Å². The largest absolute Gasteiger partial charge is 1.00 e. The molecule has 0 aliphatic carbocycles. The van der Waals surface area contributed by atoms with Gasteiger partial charge in [0.25, 0.3) is 0 Å². The monoisotopic (exact) mass is 277 g/mol. The molecule has 0 saturated carbocycles. The highest BCUT2D eigenvalue weighted by Gasteiger charge is 2.05. The van der Waals surface area contributed by atoms with Crippen molar-refractivity contribution in [1.82, 2.24) is 9.97 Å². The van der Waals surface area contributed by atoms with Crippen molar-refractivity contribution in [2.24, 2.45) is 7.05 Å². The summed E-state index contributed by atoms with van der Waals surface area (Å²) in [4.78, 5) is 16.2. The van der Waals surface area contributed by atoms with Crippen LogP contribution in [-0.4, -0.2) is 9.97 Å². The van der Waals surface area contributed by atoms with Crippen molar-refractivity contribution in [2.45, 2.75) is 0 Å². The van der Waals surface area contributed by atoms with Gasteiger partial charge in [0.15, 0.2) is 0 Å². The lowest BCUT2D eigenvalue weighted by molar-refractivity contribution is -0.646. The zero-order valence-electron chi connectivity index (χ0n) is 6.47. The number of aromatic nitrogens is 3. The molecule has 2 aromatic rings. The highest BCUT2D eigenvalue weighted by molar-refractivity contribution is 5.65. The van der Waals surface area contributed by atoms with Gasteiger partial charge in [-0.15, -0.1) is 0 Å². The Morgan fingerprint density at radius 2 is 2.17 bits per heavy atom. The fourth-order valence-electron chi connectivity index (χ4n) is 1.13. The van der Waals surface area contributed by atoms with E-state index in [-0.39, 0.29) is 29.7 Å². The maximum absolute atomic E-state index is 10.8. The molecule has 0 atom stereocenters. The van der Waals surface area contributed by atoms with Crippen molar-refractivity contribution < 1.29 is 28.5 Å². The lowest BCUT2D eigenvalue weighted by Crippen LogP contribution is -3.00. The predicted molar refractivity (Wildman–Crippen MR) is 40.1 cm³/mol. The van der Waals surface area contributed by atoms with Gasteiger partial charge in [-0.3, -0.25) is 4.98 Å². The van der Waals surface area contributed by atoms with E-state index in [1.165, 1.54) is 0 Å². The van der Waals surface area contributed by atoms with Crippen LogP contribution in [0.1, 0.15) is 0 Å². The average molecular weight is 277 g/mol. The Hall–Kier alpha value is -0.850. The van der Waals surface area contributed by atoms with Crippen molar-refractivity contribution in [3.63, 3.8) is 0 Å². The molecule has 0 unspecified atom stereocenters. The Balaban J connectivity index is 0.000000720. The van der Waals surface area contributed by atoms with Crippen LogP contribution < -0.4 is 34.2 Å². The van der Waals surface area contributed by atoms with Gasteiger partial charge in [0.1, 0.15) is 5.52 Å². The fourth-order valence-corrected chi connectivity index (χ4v) is 1.13. The van der Waals surface area contributed by atoms with E-state index < -0.39 is 0 Å². The fraction of sp³-hybridized carbons (Fsp3) is 0.143. The van der Waals surface area contributed by atoms with Gasteiger partial charge in [-0.1, -0.05) is 0 Å². The van der Waals surface area contributed by atoms with E-state index in [1.807, 2.05) is 29.9 Å². The number of fused-ring (bicyclic) bond motifs is 1. The van der Waals surface area contributed by atoms with Gasteiger partial charge < -0.3 is 24.0 Å². The van der Waals surface area contributed by atoms with Crippen LogP contribution in [0, 0.1) is 0 Å². The van der Waals surface area contributed by atoms with E-state index in [2.05, 4.69) is 9.97 Å². The molecular formula is C7H8IN3O. The minimum Gasteiger partial charge on any atom is -1.00 e. The van der Waals surface area contributed by atoms with Crippen molar-refractivity contribution in [2.75, 3.05) is 0 Å². The second kappa shape index (κ2) is 3.26. The molecule has 0 amide bonds. The standard InChI is InChI=1S/C7H7N3O.HI/c1-10-4-2-3-5-6(10)9-7(11)8-5;/h2-4H,1H3,(H,8,11);1H. The smallest absolute Gasteiger partial charge is 0.411 e. The van der Waals surface area contributed by atoms with Gasteiger partial charge in [-0.2, -0.15) is 4.98 Å². The number of nitrogens with one attached hydrogen (secondary N) is 2. The molecule has 64 valence electrons. The molecule has 0 fully saturated rings. The molecule has 2 aromatic heterocycles. The molecular weight excluding hydrogens is 269 g/mol. The summed E-state index contributed by atoms with van der Waals surface area (Å²) in [7, 11) is 1.88. The van der Waals surface area contributed by atoms with E-state index in [4.69, 9.17) is 0 Å². The van der Waals surface area contributed by atoms with Gasteiger partial charge in [0, 0.05) is 0 Å². The molecule has 0 aliphatic rings. The van der Waals surface area contributed by atoms with Gasteiger partial charge in [-0.25, -0.2) is 9.36 Å². The summed E-state index contributed by atoms with van der Waals surface area (Å²) in [6, 6.07) is 3.74. The van der Waals surface area contributed by atoms with Crippen LogP contribution in [0.2, 0.25) is 0 Å². The first kappa shape index (κ1) is 9.24. The predicted octanol–water partition coefficient (Wildman–Crippen LogP) is -3.32. The van der Waals surface area contributed by atoms with Gasteiger partial charge in [0.05, 0.1) is 13.2 Å². The van der Waals surface area contributed by atoms with E-state index in [0.717, 1.165) is 11.2 Å². The lowest BCUT2D eigenvalue weighted by atomic mass is 10.4.